The van der Waals surface area contributed by atoms with Crippen molar-refractivity contribution in [2.75, 3.05) is 0 Å². The van der Waals surface area contributed by atoms with Gasteiger partial charge in [-0.05, 0) is 36.5 Å². The summed E-state index contributed by atoms with van der Waals surface area (Å²) in [7, 11) is 0. The summed E-state index contributed by atoms with van der Waals surface area (Å²) < 4.78 is 0. The summed E-state index contributed by atoms with van der Waals surface area (Å²) in [6.07, 6.45) is 7.60. The number of fused-ring (bicyclic) bond motifs is 1. The molecule has 0 aromatic carbocycles. The van der Waals surface area contributed by atoms with Gasteiger partial charge >= 0.3 is 0 Å². The van der Waals surface area contributed by atoms with Crippen LogP contribution in [-0.2, 0) is 4.79 Å². The van der Waals surface area contributed by atoms with Crippen molar-refractivity contribution in [2.45, 2.75) is 40.0 Å². The molecule has 2 rings (SSSR count). The first-order valence-electron chi connectivity index (χ1n) is 6.30. The number of carbonyl (C=O) groups excluding carboxylic acids is 1. The molecule has 0 aromatic heterocycles. The predicted octanol–water partition coefficient (Wildman–Crippen LogP) is 3.45. The Kier molecular flexibility index (Phi) is 2.99. The third-order valence-corrected chi connectivity index (χ3v) is 4.38. The topological polar surface area (TPSA) is 17.1 Å². The molecular weight excluding hydrogens is 184 g/mol. The fourth-order valence-electron chi connectivity index (χ4n) is 3.60. The van der Waals surface area contributed by atoms with Crippen LogP contribution in [0.3, 0.4) is 0 Å². The van der Waals surface area contributed by atoms with Crippen molar-refractivity contribution in [3.63, 3.8) is 0 Å². The van der Waals surface area contributed by atoms with Crippen molar-refractivity contribution in [2.24, 2.45) is 29.6 Å². The molecule has 1 heteroatoms. The Morgan fingerprint density at radius 3 is 2.80 bits per heavy atom. The van der Waals surface area contributed by atoms with Gasteiger partial charge in [0.2, 0.25) is 0 Å². The molecule has 0 aromatic rings. The van der Waals surface area contributed by atoms with E-state index in [1.807, 2.05) is 0 Å². The zero-order chi connectivity index (χ0) is 11.0. The molecule has 1 nitrogen and oxygen atoms in total. The van der Waals surface area contributed by atoms with E-state index in [-0.39, 0.29) is 0 Å². The van der Waals surface area contributed by atoms with E-state index in [1.165, 1.54) is 0 Å². The third-order valence-electron chi connectivity index (χ3n) is 4.38. The van der Waals surface area contributed by atoms with Crippen LogP contribution in [0.2, 0.25) is 0 Å². The maximum Gasteiger partial charge on any atom is 0.136 e. The van der Waals surface area contributed by atoms with E-state index in [0.717, 1.165) is 31.1 Å². The number of hydrogen-bond acceptors (Lipinski definition) is 1. The van der Waals surface area contributed by atoms with Gasteiger partial charge in [0, 0.05) is 12.3 Å². The van der Waals surface area contributed by atoms with Gasteiger partial charge in [0.15, 0.2) is 0 Å². The van der Waals surface area contributed by atoms with Crippen LogP contribution in [-0.4, -0.2) is 5.78 Å². The molecule has 15 heavy (non-hydrogen) atoms. The van der Waals surface area contributed by atoms with E-state index < -0.39 is 0 Å². The van der Waals surface area contributed by atoms with E-state index in [9.17, 15) is 4.79 Å². The summed E-state index contributed by atoms with van der Waals surface area (Å²) in [5.41, 5.74) is 0. The number of rotatable bonds is 1. The van der Waals surface area contributed by atoms with Crippen molar-refractivity contribution in [3.05, 3.63) is 12.2 Å². The minimum absolute atomic E-state index is 0.330. The van der Waals surface area contributed by atoms with E-state index in [2.05, 4.69) is 32.9 Å². The van der Waals surface area contributed by atoms with Crippen molar-refractivity contribution >= 4 is 5.78 Å². The van der Waals surface area contributed by atoms with E-state index in [4.69, 9.17) is 0 Å². The normalized spacial score (nSPS) is 40.7. The lowest BCUT2D eigenvalue weighted by atomic mass is 9.61. The minimum Gasteiger partial charge on any atom is -0.299 e. The highest BCUT2D eigenvalue weighted by molar-refractivity contribution is 5.82. The fourth-order valence-corrected chi connectivity index (χ4v) is 3.60. The minimum atomic E-state index is 0.330. The third kappa shape index (κ3) is 1.89. The van der Waals surface area contributed by atoms with Crippen LogP contribution in [0.5, 0.6) is 0 Å². The number of Topliss-reactive ketones (excluding diaryl/α,β-unsaturated/α-hetero) is 1. The van der Waals surface area contributed by atoms with E-state index in [1.54, 1.807) is 0 Å². The first kappa shape index (κ1) is 10.9. The van der Waals surface area contributed by atoms with Gasteiger partial charge in [-0.25, -0.2) is 0 Å². The highest BCUT2D eigenvalue weighted by atomic mass is 16.1. The van der Waals surface area contributed by atoms with Crippen molar-refractivity contribution < 1.29 is 4.79 Å². The Hall–Kier alpha value is -0.590. The number of hydrogen-bond donors (Lipinski definition) is 0. The number of carbonyl (C=O) groups is 1. The molecule has 0 bridgehead atoms. The van der Waals surface area contributed by atoms with Crippen LogP contribution in [0.1, 0.15) is 40.0 Å². The molecule has 0 amide bonds. The standard InChI is InChI=1S/C14H22O/c1-9(2)11-7-8-13(15)14-10(3)5-4-6-12(11)14/h4-5,9-12,14H,6-8H2,1-3H3/t10-,11-,12-,14+/m1/s1. The second-order valence-corrected chi connectivity index (χ2v) is 5.63. The van der Waals surface area contributed by atoms with E-state index in [0.29, 0.717) is 23.5 Å². The summed E-state index contributed by atoms with van der Waals surface area (Å²) >= 11 is 0. The van der Waals surface area contributed by atoms with Crippen LogP contribution in [0.4, 0.5) is 0 Å². The van der Waals surface area contributed by atoms with Gasteiger partial charge in [-0.15, -0.1) is 0 Å². The van der Waals surface area contributed by atoms with Gasteiger partial charge < -0.3 is 0 Å². The Balaban J connectivity index is 2.23. The maximum absolute atomic E-state index is 12.0. The number of ketones is 1. The van der Waals surface area contributed by atoms with Crippen LogP contribution in [0.25, 0.3) is 0 Å². The molecular formula is C14H22O. The van der Waals surface area contributed by atoms with Crippen molar-refractivity contribution in [1.29, 1.82) is 0 Å². The molecule has 1 fully saturated rings. The summed E-state index contributed by atoms with van der Waals surface area (Å²) in [4.78, 5) is 12.0. The molecule has 84 valence electrons. The van der Waals surface area contributed by atoms with Crippen molar-refractivity contribution in [3.8, 4) is 0 Å². The summed E-state index contributed by atoms with van der Waals surface area (Å²) in [6.45, 7) is 6.81. The highest BCUT2D eigenvalue weighted by Crippen LogP contribution is 2.44. The molecule has 0 N–H and O–H groups in total. The van der Waals surface area contributed by atoms with Gasteiger partial charge in [-0.3, -0.25) is 4.79 Å². The second kappa shape index (κ2) is 4.11. The highest BCUT2D eigenvalue weighted by Gasteiger charge is 2.42. The molecule has 0 heterocycles. The van der Waals surface area contributed by atoms with Gasteiger partial charge in [0.05, 0.1) is 0 Å². The smallest absolute Gasteiger partial charge is 0.136 e. The number of allylic oxidation sites excluding steroid dienone is 2. The lowest BCUT2D eigenvalue weighted by Gasteiger charge is -2.43. The van der Waals surface area contributed by atoms with Crippen molar-refractivity contribution in [1.82, 2.24) is 0 Å². The van der Waals surface area contributed by atoms with Gasteiger partial charge in [-0.1, -0.05) is 32.9 Å². The van der Waals surface area contributed by atoms with Gasteiger partial charge in [-0.2, -0.15) is 0 Å². The van der Waals surface area contributed by atoms with Crippen LogP contribution < -0.4 is 0 Å². The lowest BCUT2D eigenvalue weighted by molar-refractivity contribution is -0.131. The Morgan fingerprint density at radius 2 is 2.13 bits per heavy atom. The fraction of sp³-hybridized carbons (Fsp3) is 0.786. The average Bonchev–Trinajstić information content (AvgIpc) is 2.17. The van der Waals surface area contributed by atoms with Crippen LogP contribution in [0.15, 0.2) is 12.2 Å². The quantitative estimate of drug-likeness (QED) is 0.601. The molecule has 1 saturated carbocycles. The second-order valence-electron chi connectivity index (χ2n) is 5.63. The molecule has 0 aliphatic heterocycles. The summed E-state index contributed by atoms with van der Waals surface area (Å²) in [6, 6.07) is 0. The first-order chi connectivity index (χ1) is 7.11. The molecule has 0 saturated heterocycles. The molecule has 2 aliphatic rings. The summed E-state index contributed by atoms with van der Waals surface area (Å²) in [5.74, 6) is 3.44. The van der Waals surface area contributed by atoms with Crippen LogP contribution >= 0.6 is 0 Å². The SMILES string of the molecule is CC(C)[C@H]1CCC(=O)[C@@H]2[C@@H]1CC=C[C@H]2C. The zero-order valence-corrected chi connectivity index (χ0v) is 10.1. The van der Waals surface area contributed by atoms with E-state index >= 15 is 0 Å². The maximum atomic E-state index is 12.0. The monoisotopic (exact) mass is 206 g/mol. The Bertz CT molecular complexity index is 277. The van der Waals surface area contributed by atoms with Crippen LogP contribution in [0, 0.1) is 29.6 Å². The molecule has 4 atom stereocenters. The Morgan fingerprint density at radius 1 is 1.40 bits per heavy atom. The zero-order valence-electron chi connectivity index (χ0n) is 10.1. The molecule has 0 unspecified atom stereocenters. The lowest BCUT2D eigenvalue weighted by Crippen LogP contribution is -2.41. The molecule has 0 radical (unpaired) electrons. The largest absolute Gasteiger partial charge is 0.299 e. The van der Waals surface area contributed by atoms with Gasteiger partial charge in [0.1, 0.15) is 5.78 Å². The first-order valence-corrected chi connectivity index (χ1v) is 6.30. The predicted molar refractivity (Wildman–Crippen MR) is 62.5 cm³/mol. The average molecular weight is 206 g/mol. The molecule has 0 spiro atoms. The molecule has 2 aliphatic carbocycles. The Labute approximate surface area is 92.9 Å². The summed E-state index contributed by atoms with van der Waals surface area (Å²) in [5, 5.41) is 0. The van der Waals surface area contributed by atoms with Gasteiger partial charge in [0.25, 0.3) is 0 Å².